The maximum atomic E-state index is 11.3. The van der Waals surface area contributed by atoms with Crippen LogP contribution in [-0.4, -0.2) is 15.7 Å². The minimum Gasteiger partial charge on any atom is -0.294 e. The van der Waals surface area contributed by atoms with E-state index in [4.69, 9.17) is 11.6 Å². The van der Waals surface area contributed by atoms with Gasteiger partial charge in [-0.05, 0) is 19.1 Å². The smallest absolute Gasteiger partial charge is 0.294 e. The maximum Gasteiger partial charge on any atom is 0.294 e. The molecule has 2 rings (SSSR count). The fraction of sp³-hybridized carbons (Fsp3) is 0.0909. The number of nitrogens with zero attached hydrogens (tertiary/aromatic N) is 2. The van der Waals surface area contributed by atoms with Crippen molar-refractivity contribution in [1.82, 2.24) is 4.98 Å². The van der Waals surface area contributed by atoms with Crippen molar-refractivity contribution < 1.29 is 9.72 Å². The molecule has 0 aromatic carbocycles. The molecule has 5 nitrogen and oxygen atoms in total. The topological polar surface area (TPSA) is 73.1 Å². The monoisotopic (exact) mass is 314 g/mol. The molecular formula is C11H7ClN2O3S2. The Morgan fingerprint density at radius 1 is 1.53 bits per heavy atom. The molecule has 2 aromatic rings. The Morgan fingerprint density at radius 3 is 2.79 bits per heavy atom. The maximum absolute atomic E-state index is 11.3. The van der Waals surface area contributed by atoms with Crippen molar-refractivity contribution in [3.63, 3.8) is 0 Å². The Labute approximate surface area is 121 Å². The molecule has 0 aliphatic heterocycles. The number of hydrogen-bond donors (Lipinski definition) is 0. The lowest BCUT2D eigenvalue weighted by atomic mass is 10.3. The summed E-state index contributed by atoms with van der Waals surface area (Å²) >= 11 is 7.96. The standard InChI is InChI=1S/C11H7ClN2O3S2/c1-6(15)9-4-8(14(16)17)11(18-9)19-10-3-2-7(12)5-13-10/h2-5H,1H3. The number of halogens is 1. The Hall–Kier alpha value is -1.44. The van der Waals surface area contributed by atoms with Crippen LogP contribution in [0.1, 0.15) is 16.6 Å². The summed E-state index contributed by atoms with van der Waals surface area (Å²) in [5.74, 6) is -0.191. The summed E-state index contributed by atoms with van der Waals surface area (Å²) in [6.45, 7) is 1.38. The first-order chi connectivity index (χ1) is 8.97. The van der Waals surface area contributed by atoms with Crippen LogP contribution >= 0.6 is 34.7 Å². The molecule has 2 heterocycles. The van der Waals surface area contributed by atoms with E-state index in [9.17, 15) is 14.9 Å². The first kappa shape index (κ1) is 14.0. The molecule has 0 aliphatic carbocycles. The molecule has 2 aromatic heterocycles. The fourth-order valence-electron chi connectivity index (χ4n) is 1.26. The number of aromatic nitrogens is 1. The van der Waals surface area contributed by atoms with Crippen LogP contribution in [0.3, 0.4) is 0 Å². The minimum atomic E-state index is -0.499. The molecule has 0 N–H and O–H groups in total. The van der Waals surface area contributed by atoms with Gasteiger partial charge in [-0.3, -0.25) is 14.9 Å². The van der Waals surface area contributed by atoms with Gasteiger partial charge in [0.05, 0.1) is 14.8 Å². The number of carbonyl (C=O) groups is 1. The van der Waals surface area contributed by atoms with E-state index in [0.29, 0.717) is 19.1 Å². The van der Waals surface area contributed by atoms with Gasteiger partial charge in [-0.15, -0.1) is 11.3 Å². The number of Topliss-reactive ketones (excluding diaryl/α,β-unsaturated/α-hetero) is 1. The molecule has 0 saturated carbocycles. The van der Waals surface area contributed by atoms with E-state index in [1.54, 1.807) is 12.1 Å². The quantitative estimate of drug-likeness (QED) is 0.483. The summed E-state index contributed by atoms with van der Waals surface area (Å²) in [7, 11) is 0. The zero-order valence-electron chi connectivity index (χ0n) is 9.62. The highest BCUT2D eigenvalue weighted by Gasteiger charge is 2.22. The Bertz CT molecular complexity index is 640. The summed E-state index contributed by atoms with van der Waals surface area (Å²) in [5, 5.41) is 12.0. The first-order valence-electron chi connectivity index (χ1n) is 5.06. The molecule has 0 bridgehead atoms. The molecule has 0 fully saturated rings. The van der Waals surface area contributed by atoms with Gasteiger partial charge >= 0.3 is 0 Å². The van der Waals surface area contributed by atoms with Crippen LogP contribution in [0.2, 0.25) is 5.02 Å². The van der Waals surface area contributed by atoms with Gasteiger partial charge in [0.2, 0.25) is 0 Å². The number of carbonyl (C=O) groups excluding carboxylic acids is 1. The predicted molar refractivity (Wildman–Crippen MR) is 74.3 cm³/mol. The summed E-state index contributed by atoms with van der Waals surface area (Å²) in [6, 6.07) is 4.62. The van der Waals surface area contributed by atoms with E-state index in [1.807, 2.05) is 0 Å². The summed E-state index contributed by atoms with van der Waals surface area (Å²) in [5.41, 5.74) is -0.0723. The zero-order valence-corrected chi connectivity index (χ0v) is 12.0. The van der Waals surface area contributed by atoms with Gasteiger partial charge in [0.25, 0.3) is 5.69 Å². The molecule has 0 unspecified atom stereocenters. The van der Waals surface area contributed by atoms with Gasteiger partial charge in [-0.2, -0.15) is 0 Å². The van der Waals surface area contributed by atoms with Gasteiger partial charge in [0.15, 0.2) is 5.78 Å². The molecule has 8 heteroatoms. The van der Waals surface area contributed by atoms with Crippen LogP contribution in [0.25, 0.3) is 0 Å². The van der Waals surface area contributed by atoms with Crippen molar-refractivity contribution in [1.29, 1.82) is 0 Å². The normalized spacial score (nSPS) is 10.4. The second kappa shape index (κ2) is 5.68. The number of nitro groups is 1. The highest BCUT2D eigenvalue weighted by Crippen LogP contribution is 2.40. The largest absolute Gasteiger partial charge is 0.294 e. The number of pyridine rings is 1. The summed E-state index contributed by atoms with van der Waals surface area (Å²) in [4.78, 5) is 26.1. The average molecular weight is 315 g/mol. The lowest BCUT2D eigenvalue weighted by Crippen LogP contribution is -1.88. The molecule has 98 valence electrons. The highest BCUT2D eigenvalue weighted by molar-refractivity contribution is 8.01. The first-order valence-corrected chi connectivity index (χ1v) is 7.07. The molecule has 0 atom stereocenters. The lowest BCUT2D eigenvalue weighted by molar-refractivity contribution is -0.387. The van der Waals surface area contributed by atoms with E-state index >= 15 is 0 Å². The van der Waals surface area contributed by atoms with Crippen molar-refractivity contribution in [3.8, 4) is 0 Å². The molecule has 0 amide bonds. The van der Waals surface area contributed by atoms with E-state index in [1.165, 1.54) is 19.2 Å². The Kier molecular flexibility index (Phi) is 4.18. The van der Waals surface area contributed by atoms with Crippen molar-refractivity contribution in [2.45, 2.75) is 16.2 Å². The fourth-order valence-corrected chi connectivity index (χ4v) is 3.48. The third kappa shape index (κ3) is 3.31. The second-order valence-electron chi connectivity index (χ2n) is 3.51. The van der Waals surface area contributed by atoms with Gasteiger partial charge < -0.3 is 0 Å². The van der Waals surface area contributed by atoms with Crippen molar-refractivity contribution in [3.05, 3.63) is 44.4 Å². The molecule has 0 aliphatic rings. The zero-order chi connectivity index (χ0) is 14.0. The van der Waals surface area contributed by atoms with Gasteiger partial charge in [-0.25, -0.2) is 4.98 Å². The van der Waals surface area contributed by atoms with Crippen LogP contribution in [0.5, 0.6) is 0 Å². The number of thiophene rings is 1. The van der Waals surface area contributed by atoms with Crippen LogP contribution in [0.15, 0.2) is 33.6 Å². The van der Waals surface area contributed by atoms with Crippen molar-refractivity contribution in [2.75, 3.05) is 0 Å². The van der Waals surface area contributed by atoms with Crippen LogP contribution < -0.4 is 0 Å². The van der Waals surface area contributed by atoms with Gasteiger partial charge in [0.1, 0.15) is 9.24 Å². The molecule has 0 spiro atoms. The summed E-state index contributed by atoms with van der Waals surface area (Å²) in [6.07, 6.45) is 1.47. The lowest BCUT2D eigenvalue weighted by Gasteiger charge is -1.97. The van der Waals surface area contributed by atoms with E-state index in [0.717, 1.165) is 23.1 Å². The van der Waals surface area contributed by atoms with Crippen molar-refractivity contribution >= 4 is 46.2 Å². The second-order valence-corrected chi connectivity index (χ2v) is 6.29. The van der Waals surface area contributed by atoms with Gasteiger partial charge in [0, 0.05) is 12.3 Å². The van der Waals surface area contributed by atoms with Crippen LogP contribution in [-0.2, 0) is 0 Å². The third-order valence-electron chi connectivity index (χ3n) is 2.12. The SMILES string of the molecule is CC(=O)c1cc([N+](=O)[O-])c(Sc2ccc(Cl)cn2)s1. The van der Waals surface area contributed by atoms with Crippen LogP contribution in [0.4, 0.5) is 5.69 Å². The third-order valence-corrected chi connectivity index (χ3v) is 4.71. The Morgan fingerprint density at radius 2 is 2.26 bits per heavy atom. The highest BCUT2D eigenvalue weighted by atomic mass is 35.5. The number of hydrogen-bond acceptors (Lipinski definition) is 6. The molecule has 0 saturated heterocycles. The number of ketones is 1. The molecule has 19 heavy (non-hydrogen) atoms. The van der Waals surface area contributed by atoms with E-state index in [-0.39, 0.29) is 11.5 Å². The van der Waals surface area contributed by atoms with E-state index in [2.05, 4.69) is 4.98 Å². The summed E-state index contributed by atoms with van der Waals surface area (Å²) < 4.78 is 0.435. The van der Waals surface area contributed by atoms with Crippen molar-refractivity contribution in [2.24, 2.45) is 0 Å². The minimum absolute atomic E-state index is 0.0723. The molecular weight excluding hydrogens is 308 g/mol. The average Bonchev–Trinajstić information content (AvgIpc) is 2.76. The molecule has 0 radical (unpaired) electrons. The number of rotatable bonds is 4. The Balaban J connectivity index is 2.35. The predicted octanol–water partition coefficient (Wildman–Crippen LogP) is 4.06. The van der Waals surface area contributed by atoms with Gasteiger partial charge in [-0.1, -0.05) is 23.4 Å². The van der Waals surface area contributed by atoms with E-state index < -0.39 is 4.92 Å². The van der Waals surface area contributed by atoms with Crippen LogP contribution in [0, 0.1) is 10.1 Å².